The molecular weight excluding hydrogens is 502 g/mol. The van der Waals surface area contributed by atoms with Gasteiger partial charge >= 0.3 is 0 Å². The van der Waals surface area contributed by atoms with E-state index in [1.54, 1.807) is 6.07 Å². The van der Waals surface area contributed by atoms with Crippen molar-refractivity contribution in [2.75, 3.05) is 22.8 Å². The standard InChI is InChI=1S/C27H33N7O3S/c1-4-19-5-7-22(8-6-19)30-27-29-15-21-16-33(17-24(21)31-27)23-10-12-34(18(2)13-23)26(35)20-9-11-28-25(14-20)32-38(3,36)37/h5-9,11,14-15,18,23H,4,10,12-13,16-17H2,1-3H3,(H,28,32)(H,29,30,31)/t18-,23+/m1/s1. The first kappa shape index (κ1) is 26.1. The highest BCUT2D eigenvalue weighted by Gasteiger charge is 2.35. The van der Waals surface area contributed by atoms with Gasteiger partial charge in [0.05, 0.1) is 11.9 Å². The molecule has 0 radical (unpaired) electrons. The van der Waals surface area contributed by atoms with Crippen LogP contribution in [0.3, 0.4) is 0 Å². The first-order valence-corrected chi connectivity index (χ1v) is 14.8. The number of piperidine rings is 1. The number of benzene rings is 1. The van der Waals surface area contributed by atoms with E-state index in [4.69, 9.17) is 4.98 Å². The first-order chi connectivity index (χ1) is 18.2. The smallest absolute Gasteiger partial charge is 0.254 e. The number of nitrogens with zero attached hydrogens (tertiary/aromatic N) is 5. The summed E-state index contributed by atoms with van der Waals surface area (Å²) in [5.74, 6) is 0.627. The predicted octanol–water partition coefficient (Wildman–Crippen LogP) is 3.56. The summed E-state index contributed by atoms with van der Waals surface area (Å²) in [6.45, 7) is 6.39. The Morgan fingerprint density at radius 3 is 2.63 bits per heavy atom. The summed E-state index contributed by atoms with van der Waals surface area (Å²) in [7, 11) is -3.47. The molecule has 1 saturated heterocycles. The highest BCUT2D eigenvalue weighted by Crippen LogP contribution is 2.31. The molecule has 4 heterocycles. The minimum absolute atomic E-state index is 0.0406. The second-order valence-corrected chi connectivity index (χ2v) is 11.8. The Kier molecular flexibility index (Phi) is 7.31. The van der Waals surface area contributed by atoms with E-state index in [0.717, 1.165) is 55.6 Å². The number of carbonyl (C=O) groups is 1. The number of aryl methyl sites for hydroxylation is 1. The summed E-state index contributed by atoms with van der Waals surface area (Å²) in [6.07, 6.45) is 7.13. The molecule has 0 unspecified atom stereocenters. The topological polar surface area (TPSA) is 120 Å². The third kappa shape index (κ3) is 5.94. The van der Waals surface area contributed by atoms with Crippen LogP contribution in [0.15, 0.2) is 48.8 Å². The molecule has 0 spiro atoms. The molecule has 1 fully saturated rings. The minimum Gasteiger partial charge on any atom is -0.336 e. The lowest BCUT2D eigenvalue weighted by Crippen LogP contribution is -2.50. The molecule has 0 bridgehead atoms. The molecule has 1 aromatic carbocycles. The molecule has 0 saturated carbocycles. The second-order valence-electron chi connectivity index (χ2n) is 10.1. The third-order valence-corrected chi connectivity index (χ3v) is 7.80. The van der Waals surface area contributed by atoms with E-state index < -0.39 is 10.0 Å². The van der Waals surface area contributed by atoms with E-state index in [0.29, 0.717) is 24.1 Å². The number of hydrogen-bond donors (Lipinski definition) is 2. The monoisotopic (exact) mass is 535 g/mol. The normalized spacial score (nSPS) is 19.7. The lowest BCUT2D eigenvalue weighted by atomic mass is 9.96. The zero-order chi connectivity index (χ0) is 26.9. The SMILES string of the molecule is CCc1ccc(Nc2ncc3c(n2)CN([C@H]2CCN(C(=O)c4ccnc(NS(C)(=O)=O)c4)[C@H](C)C2)C3)cc1. The van der Waals surface area contributed by atoms with E-state index >= 15 is 0 Å². The predicted molar refractivity (Wildman–Crippen MR) is 147 cm³/mol. The van der Waals surface area contributed by atoms with Crippen LogP contribution in [-0.4, -0.2) is 64.0 Å². The Labute approximate surface area is 223 Å². The molecule has 10 nitrogen and oxygen atoms in total. The molecule has 0 aliphatic carbocycles. The number of amides is 1. The van der Waals surface area contributed by atoms with Gasteiger partial charge in [-0.05, 0) is 56.0 Å². The number of anilines is 3. The molecule has 2 N–H and O–H groups in total. The maximum atomic E-state index is 13.2. The molecule has 5 rings (SSSR count). The molecule has 1 amide bonds. The number of sulfonamides is 1. The Hall–Kier alpha value is -3.57. The van der Waals surface area contributed by atoms with Crippen molar-refractivity contribution in [1.82, 2.24) is 24.8 Å². The fraction of sp³-hybridized carbons (Fsp3) is 0.407. The highest BCUT2D eigenvalue weighted by atomic mass is 32.2. The van der Waals surface area contributed by atoms with Crippen LogP contribution in [0.2, 0.25) is 0 Å². The highest BCUT2D eigenvalue weighted by molar-refractivity contribution is 7.92. The van der Waals surface area contributed by atoms with Crippen LogP contribution in [0.1, 0.15) is 53.9 Å². The average Bonchev–Trinajstić information content (AvgIpc) is 3.31. The second kappa shape index (κ2) is 10.7. The summed E-state index contributed by atoms with van der Waals surface area (Å²) in [5, 5.41) is 3.31. The van der Waals surface area contributed by atoms with Crippen molar-refractivity contribution in [3.05, 3.63) is 71.2 Å². The summed E-state index contributed by atoms with van der Waals surface area (Å²) >= 11 is 0. The van der Waals surface area contributed by atoms with Gasteiger partial charge in [-0.15, -0.1) is 0 Å². The van der Waals surface area contributed by atoms with Crippen LogP contribution in [0.4, 0.5) is 17.5 Å². The van der Waals surface area contributed by atoms with Crippen LogP contribution in [0.5, 0.6) is 0 Å². The number of aromatic nitrogens is 3. The number of carbonyl (C=O) groups excluding carboxylic acids is 1. The van der Waals surface area contributed by atoms with Gasteiger partial charge in [-0.3, -0.25) is 14.4 Å². The summed E-state index contributed by atoms with van der Waals surface area (Å²) in [4.78, 5) is 30.9. The van der Waals surface area contributed by atoms with Crippen molar-refractivity contribution in [3.63, 3.8) is 0 Å². The number of rotatable bonds is 7. The first-order valence-electron chi connectivity index (χ1n) is 12.9. The summed E-state index contributed by atoms with van der Waals surface area (Å²) < 4.78 is 25.4. The lowest BCUT2D eigenvalue weighted by molar-refractivity contribution is 0.0460. The van der Waals surface area contributed by atoms with Gasteiger partial charge in [0, 0.05) is 60.9 Å². The number of likely N-dealkylation sites (tertiary alicyclic amines) is 1. The van der Waals surface area contributed by atoms with Crippen molar-refractivity contribution < 1.29 is 13.2 Å². The van der Waals surface area contributed by atoms with Crippen LogP contribution < -0.4 is 10.0 Å². The molecular formula is C27H33N7O3S. The largest absolute Gasteiger partial charge is 0.336 e. The Bertz CT molecular complexity index is 1430. The Balaban J connectivity index is 1.20. The summed E-state index contributed by atoms with van der Waals surface area (Å²) in [6, 6.07) is 11.8. The van der Waals surface area contributed by atoms with Crippen LogP contribution >= 0.6 is 0 Å². The zero-order valence-electron chi connectivity index (χ0n) is 21.9. The molecule has 2 aliphatic rings. The molecule has 2 atom stereocenters. The fourth-order valence-corrected chi connectivity index (χ4v) is 5.70. The fourth-order valence-electron chi connectivity index (χ4n) is 5.21. The van der Waals surface area contributed by atoms with Gasteiger partial charge < -0.3 is 10.2 Å². The van der Waals surface area contributed by atoms with Crippen LogP contribution in [0.25, 0.3) is 0 Å². The molecule has 2 aromatic heterocycles. The van der Waals surface area contributed by atoms with E-state index in [1.165, 1.54) is 17.8 Å². The van der Waals surface area contributed by atoms with E-state index in [2.05, 4.69) is 50.9 Å². The van der Waals surface area contributed by atoms with E-state index in [9.17, 15) is 13.2 Å². The number of nitrogens with one attached hydrogen (secondary N) is 2. The van der Waals surface area contributed by atoms with E-state index in [-0.39, 0.29) is 17.8 Å². The van der Waals surface area contributed by atoms with Crippen LogP contribution in [-0.2, 0) is 29.5 Å². The molecule has 2 aliphatic heterocycles. The van der Waals surface area contributed by atoms with Gasteiger partial charge in [0.15, 0.2) is 0 Å². The molecule has 38 heavy (non-hydrogen) atoms. The zero-order valence-corrected chi connectivity index (χ0v) is 22.7. The Morgan fingerprint density at radius 1 is 1.13 bits per heavy atom. The Morgan fingerprint density at radius 2 is 1.92 bits per heavy atom. The van der Waals surface area contributed by atoms with Crippen molar-refractivity contribution >= 4 is 33.4 Å². The van der Waals surface area contributed by atoms with Gasteiger partial charge in [-0.1, -0.05) is 19.1 Å². The quantitative estimate of drug-likeness (QED) is 0.471. The number of pyridine rings is 1. The maximum Gasteiger partial charge on any atom is 0.254 e. The van der Waals surface area contributed by atoms with Crippen LogP contribution in [0, 0.1) is 0 Å². The summed E-state index contributed by atoms with van der Waals surface area (Å²) in [5.41, 5.74) is 4.87. The van der Waals surface area contributed by atoms with E-state index in [1.807, 2.05) is 23.2 Å². The third-order valence-electron chi connectivity index (χ3n) is 7.22. The van der Waals surface area contributed by atoms with Gasteiger partial charge in [0.25, 0.3) is 5.91 Å². The van der Waals surface area contributed by atoms with Gasteiger partial charge in [0.1, 0.15) is 5.82 Å². The van der Waals surface area contributed by atoms with Crippen molar-refractivity contribution in [1.29, 1.82) is 0 Å². The van der Waals surface area contributed by atoms with Crippen molar-refractivity contribution in [2.45, 2.75) is 58.3 Å². The van der Waals surface area contributed by atoms with Gasteiger partial charge in [0.2, 0.25) is 16.0 Å². The molecule has 3 aromatic rings. The number of hydrogen-bond acceptors (Lipinski definition) is 8. The average molecular weight is 536 g/mol. The van der Waals surface area contributed by atoms with Gasteiger partial charge in [-0.2, -0.15) is 0 Å². The number of fused-ring (bicyclic) bond motifs is 1. The van der Waals surface area contributed by atoms with Gasteiger partial charge in [-0.25, -0.2) is 23.4 Å². The van der Waals surface area contributed by atoms with Crippen molar-refractivity contribution in [2.24, 2.45) is 0 Å². The molecule has 11 heteroatoms. The molecule has 200 valence electrons. The lowest BCUT2D eigenvalue weighted by Gasteiger charge is -2.41. The minimum atomic E-state index is -3.47. The van der Waals surface area contributed by atoms with Crippen molar-refractivity contribution in [3.8, 4) is 0 Å². The maximum absolute atomic E-state index is 13.2.